The van der Waals surface area contributed by atoms with Crippen molar-refractivity contribution in [3.63, 3.8) is 0 Å². The highest BCUT2D eigenvalue weighted by Gasteiger charge is 2.12. The number of nitrogens with two attached hydrogens (primary N) is 1. The quantitative estimate of drug-likeness (QED) is 0.806. The SMILES string of the molecule is CC(C)N(c1ccccc1)c1cccc(N)c1. The van der Waals surface area contributed by atoms with E-state index in [1.54, 1.807) is 0 Å². The topological polar surface area (TPSA) is 29.3 Å². The van der Waals surface area contributed by atoms with Crippen molar-refractivity contribution in [3.8, 4) is 0 Å². The normalized spacial score (nSPS) is 10.5. The van der Waals surface area contributed by atoms with E-state index < -0.39 is 0 Å². The van der Waals surface area contributed by atoms with E-state index >= 15 is 0 Å². The number of para-hydroxylation sites is 1. The summed E-state index contributed by atoms with van der Waals surface area (Å²) in [5.74, 6) is 0. The van der Waals surface area contributed by atoms with Crippen molar-refractivity contribution in [2.24, 2.45) is 0 Å². The highest BCUT2D eigenvalue weighted by Crippen LogP contribution is 2.28. The zero-order valence-corrected chi connectivity index (χ0v) is 10.3. The molecule has 2 rings (SSSR count). The molecule has 0 bridgehead atoms. The van der Waals surface area contributed by atoms with Crippen LogP contribution in [0.5, 0.6) is 0 Å². The maximum Gasteiger partial charge on any atom is 0.0433 e. The van der Waals surface area contributed by atoms with Gasteiger partial charge in [-0.2, -0.15) is 0 Å². The number of rotatable bonds is 3. The molecule has 0 atom stereocenters. The van der Waals surface area contributed by atoms with Gasteiger partial charge in [-0.3, -0.25) is 0 Å². The number of anilines is 3. The van der Waals surface area contributed by atoms with Gasteiger partial charge in [-0.05, 0) is 44.2 Å². The van der Waals surface area contributed by atoms with Crippen LogP contribution in [0.3, 0.4) is 0 Å². The number of hydrogen-bond acceptors (Lipinski definition) is 2. The minimum absolute atomic E-state index is 0.388. The monoisotopic (exact) mass is 226 g/mol. The van der Waals surface area contributed by atoms with Gasteiger partial charge in [0, 0.05) is 23.1 Å². The van der Waals surface area contributed by atoms with Gasteiger partial charge in [0.05, 0.1) is 0 Å². The Hall–Kier alpha value is -1.96. The van der Waals surface area contributed by atoms with Crippen molar-refractivity contribution in [3.05, 3.63) is 54.6 Å². The molecule has 88 valence electrons. The number of nitrogens with zero attached hydrogens (tertiary/aromatic N) is 1. The molecule has 0 aliphatic rings. The van der Waals surface area contributed by atoms with E-state index in [4.69, 9.17) is 5.73 Å². The first-order chi connectivity index (χ1) is 8.18. The summed E-state index contributed by atoms with van der Waals surface area (Å²) in [6.07, 6.45) is 0. The van der Waals surface area contributed by atoms with E-state index in [-0.39, 0.29) is 0 Å². The molecule has 2 heteroatoms. The third-order valence-electron chi connectivity index (χ3n) is 2.70. The maximum absolute atomic E-state index is 5.85. The molecule has 0 spiro atoms. The Morgan fingerprint density at radius 3 is 2.12 bits per heavy atom. The van der Waals surface area contributed by atoms with Crippen molar-refractivity contribution in [1.29, 1.82) is 0 Å². The van der Waals surface area contributed by atoms with Crippen molar-refractivity contribution >= 4 is 17.1 Å². The Morgan fingerprint density at radius 2 is 1.53 bits per heavy atom. The van der Waals surface area contributed by atoms with Crippen LogP contribution in [0.15, 0.2) is 54.6 Å². The fourth-order valence-electron chi connectivity index (χ4n) is 2.01. The molecule has 0 aliphatic carbocycles. The first-order valence-electron chi connectivity index (χ1n) is 5.88. The molecule has 0 saturated carbocycles. The van der Waals surface area contributed by atoms with E-state index in [0.717, 1.165) is 11.4 Å². The number of nitrogen functional groups attached to an aromatic ring is 1. The lowest BCUT2D eigenvalue weighted by atomic mass is 10.2. The lowest BCUT2D eigenvalue weighted by molar-refractivity contribution is 0.789. The molecule has 2 aromatic rings. The molecule has 0 aromatic heterocycles. The Balaban J connectivity index is 2.43. The lowest BCUT2D eigenvalue weighted by Gasteiger charge is -2.29. The predicted octanol–water partition coefficient (Wildman–Crippen LogP) is 3.82. The fourth-order valence-corrected chi connectivity index (χ4v) is 2.01. The highest BCUT2D eigenvalue weighted by atomic mass is 15.2. The minimum atomic E-state index is 0.388. The molecule has 0 unspecified atom stereocenters. The number of benzene rings is 2. The Kier molecular flexibility index (Phi) is 3.33. The summed E-state index contributed by atoms with van der Waals surface area (Å²) in [7, 11) is 0. The van der Waals surface area contributed by atoms with Gasteiger partial charge in [0.15, 0.2) is 0 Å². The second-order valence-corrected chi connectivity index (χ2v) is 4.39. The zero-order valence-electron chi connectivity index (χ0n) is 10.3. The molecule has 2 nitrogen and oxygen atoms in total. The summed E-state index contributed by atoms with van der Waals surface area (Å²) < 4.78 is 0. The van der Waals surface area contributed by atoms with Gasteiger partial charge in [0.2, 0.25) is 0 Å². The molecule has 0 aliphatic heterocycles. The van der Waals surface area contributed by atoms with Gasteiger partial charge < -0.3 is 10.6 Å². The van der Waals surface area contributed by atoms with Gasteiger partial charge in [-0.15, -0.1) is 0 Å². The summed E-state index contributed by atoms with van der Waals surface area (Å²) >= 11 is 0. The van der Waals surface area contributed by atoms with Crippen molar-refractivity contribution in [2.45, 2.75) is 19.9 Å². The zero-order chi connectivity index (χ0) is 12.3. The molecule has 2 aromatic carbocycles. The van der Waals surface area contributed by atoms with E-state index in [0.29, 0.717) is 6.04 Å². The van der Waals surface area contributed by atoms with Crippen LogP contribution < -0.4 is 10.6 Å². The third-order valence-corrected chi connectivity index (χ3v) is 2.70. The molecule has 2 N–H and O–H groups in total. The molecule has 0 fully saturated rings. The minimum Gasteiger partial charge on any atom is -0.399 e. The van der Waals surface area contributed by atoms with E-state index in [2.05, 4.69) is 49.1 Å². The van der Waals surface area contributed by atoms with Crippen molar-refractivity contribution in [2.75, 3.05) is 10.6 Å². The van der Waals surface area contributed by atoms with Gasteiger partial charge in [-0.1, -0.05) is 24.3 Å². The summed E-state index contributed by atoms with van der Waals surface area (Å²) in [5.41, 5.74) is 8.96. The summed E-state index contributed by atoms with van der Waals surface area (Å²) in [5, 5.41) is 0. The van der Waals surface area contributed by atoms with Crippen LogP contribution in [0, 0.1) is 0 Å². The van der Waals surface area contributed by atoms with Gasteiger partial charge in [0.1, 0.15) is 0 Å². The molecular formula is C15H18N2. The van der Waals surface area contributed by atoms with Crippen LogP contribution in [0.2, 0.25) is 0 Å². The average molecular weight is 226 g/mol. The van der Waals surface area contributed by atoms with E-state index in [1.807, 2.05) is 24.3 Å². The van der Waals surface area contributed by atoms with Gasteiger partial charge >= 0.3 is 0 Å². The lowest BCUT2D eigenvalue weighted by Crippen LogP contribution is -2.25. The van der Waals surface area contributed by atoms with Crippen LogP contribution in [0.1, 0.15) is 13.8 Å². The van der Waals surface area contributed by atoms with Crippen LogP contribution in [0.25, 0.3) is 0 Å². The van der Waals surface area contributed by atoms with Crippen LogP contribution in [-0.2, 0) is 0 Å². The average Bonchev–Trinajstić information content (AvgIpc) is 2.30. The third kappa shape index (κ3) is 2.59. The predicted molar refractivity (Wildman–Crippen MR) is 74.6 cm³/mol. The molecule has 0 radical (unpaired) electrons. The van der Waals surface area contributed by atoms with Crippen molar-refractivity contribution < 1.29 is 0 Å². The molecular weight excluding hydrogens is 208 g/mol. The maximum atomic E-state index is 5.85. The molecule has 0 amide bonds. The largest absolute Gasteiger partial charge is 0.399 e. The first-order valence-corrected chi connectivity index (χ1v) is 5.88. The Bertz CT molecular complexity index is 477. The fraction of sp³-hybridized carbons (Fsp3) is 0.200. The standard InChI is InChI=1S/C15H18N2/c1-12(2)17(14-8-4-3-5-9-14)15-10-6-7-13(16)11-15/h3-12H,16H2,1-2H3. The van der Waals surface area contributed by atoms with Crippen molar-refractivity contribution in [1.82, 2.24) is 0 Å². The second-order valence-electron chi connectivity index (χ2n) is 4.39. The van der Waals surface area contributed by atoms with Crippen LogP contribution in [0.4, 0.5) is 17.1 Å². The van der Waals surface area contributed by atoms with E-state index in [1.165, 1.54) is 5.69 Å². The van der Waals surface area contributed by atoms with Crippen LogP contribution >= 0.6 is 0 Å². The Morgan fingerprint density at radius 1 is 0.882 bits per heavy atom. The summed E-state index contributed by atoms with van der Waals surface area (Å²) in [4.78, 5) is 2.27. The second kappa shape index (κ2) is 4.91. The summed E-state index contributed by atoms with van der Waals surface area (Å²) in [6.45, 7) is 4.35. The number of hydrogen-bond donors (Lipinski definition) is 1. The van der Waals surface area contributed by atoms with Crippen LogP contribution in [-0.4, -0.2) is 6.04 Å². The molecule has 0 saturated heterocycles. The van der Waals surface area contributed by atoms with Gasteiger partial charge in [-0.25, -0.2) is 0 Å². The molecule has 0 heterocycles. The van der Waals surface area contributed by atoms with Gasteiger partial charge in [0.25, 0.3) is 0 Å². The highest BCUT2D eigenvalue weighted by molar-refractivity contribution is 5.67. The smallest absolute Gasteiger partial charge is 0.0433 e. The summed E-state index contributed by atoms with van der Waals surface area (Å²) in [6, 6.07) is 18.7. The Labute approximate surface area is 103 Å². The van der Waals surface area contributed by atoms with E-state index in [9.17, 15) is 0 Å². The molecule has 17 heavy (non-hydrogen) atoms. The first kappa shape index (κ1) is 11.5.